The molecule has 5 rings (SSSR count). The van der Waals surface area contributed by atoms with Gasteiger partial charge in [0.05, 0.1) is 16.5 Å². The summed E-state index contributed by atoms with van der Waals surface area (Å²) in [7, 11) is -3.88. The molecule has 1 aromatic heterocycles. The van der Waals surface area contributed by atoms with Crippen LogP contribution in [0.15, 0.2) is 52.2 Å². The SMILES string of the molecule is CC(C)(C)c1ccc(S(=O)(=O)N(Cc2cc3cc4c(cc3[nH]c2=O)OCCO4)C[C@H]2CCCO2)cc1. The van der Waals surface area contributed by atoms with Crippen molar-refractivity contribution < 1.29 is 22.6 Å². The standard InChI is InChI=1S/C27H32N2O6S/c1-27(2,3)20-6-8-22(9-7-20)36(31,32)29(17-21-5-4-10-33-21)16-19-13-18-14-24-25(35-12-11-34-24)15-23(18)28-26(19)30/h6-9,13-15,21H,4-5,10-12,16-17H2,1-3H3,(H,28,30)/t21-/m1/s1. The van der Waals surface area contributed by atoms with Gasteiger partial charge in [-0.25, -0.2) is 8.42 Å². The van der Waals surface area contributed by atoms with Crippen LogP contribution in [0.1, 0.15) is 44.7 Å². The Kier molecular flexibility index (Phi) is 6.57. The number of fused-ring (bicyclic) bond motifs is 2. The van der Waals surface area contributed by atoms with E-state index in [-0.39, 0.29) is 35.1 Å². The molecule has 1 fully saturated rings. The number of aromatic nitrogens is 1. The zero-order valence-electron chi connectivity index (χ0n) is 20.9. The number of benzene rings is 2. The maximum Gasteiger partial charge on any atom is 0.252 e. The van der Waals surface area contributed by atoms with E-state index in [1.807, 2.05) is 18.2 Å². The molecule has 3 heterocycles. The summed E-state index contributed by atoms with van der Waals surface area (Å²) in [5.41, 5.74) is 1.58. The number of hydrogen-bond acceptors (Lipinski definition) is 6. The van der Waals surface area contributed by atoms with Crippen LogP contribution in [-0.4, -0.2) is 50.2 Å². The monoisotopic (exact) mass is 512 g/mol. The van der Waals surface area contributed by atoms with Gasteiger partial charge in [-0.1, -0.05) is 32.9 Å². The van der Waals surface area contributed by atoms with E-state index in [1.165, 1.54) is 4.31 Å². The van der Waals surface area contributed by atoms with E-state index >= 15 is 0 Å². The summed E-state index contributed by atoms with van der Waals surface area (Å²) in [6, 6.07) is 12.3. The minimum atomic E-state index is -3.88. The molecule has 0 spiro atoms. The minimum absolute atomic E-state index is 0.0665. The number of sulfonamides is 1. The largest absolute Gasteiger partial charge is 0.486 e. The van der Waals surface area contributed by atoms with Gasteiger partial charge in [-0.2, -0.15) is 4.31 Å². The lowest BCUT2D eigenvalue weighted by Gasteiger charge is -2.25. The van der Waals surface area contributed by atoms with Crippen molar-refractivity contribution in [2.24, 2.45) is 0 Å². The Morgan fingerprint density at radius 2 is 1.69 bits per heavy atom. The number of nitrogens with zero attached hydrogens (tertiary/aromatic N) is 1. The number of rotatable bonds is 6. The fourth-order valence-electron chi connectivity index (χ4n) is 4.63. The highest BCUT2D eigenvalue weighted by atomic mass is 32.2. The van der Waals surface area contributed by atoms with Crippen molar-refractivity contribution in [3.05, 3.63) is 63.9 Å². The first-order valence-corrected chi connectivity index (χ1v) is 13.7. The van der Waals surface area contributed by atoms with Crippen molar-refractivity contribution in [2.45, 2.75) is 56.6 Å². The van der Waals surface area contributed by atoms with Gasteiger partial charge in [0.2, 0.25) is 10.0 Å². The topological polar surface area (TPSA) is 97.9 Å². The normalized spacial score (nSPS) is 18.2. The Balaban J connectivity index is 1.50. The van der Waals surface area contributed by atoms with E-state index in [0.29, 0.717) is 42.4 Å². The van der Waals surface area contributed by atoms with Gasteiger partial charge < -0.3 is 19.2 Å². The third-order valence-electron chi connectivity index (χ3n) is 6.72. The summed E-state index contributed by atoms with van der Waals surface area (Å²) in [4.78, 5) is 16.1. The second kappa shape index (κ2) is 9.53. The number of ether oxygens (including phenoxy) is 3. The molecule has 8 nitrogen and oxygen atoms in total. The van der Waals surface area contributed by atoms with Crippen molar-refractivity contribution in [3.63, 3.8) is 0 Å². The summed E-state index contributed by atoms with van der Waals surface area (Å²) in [6.07, 6.45) is 1.47. The molecule has 0 unspecified atom stereocenters. The molecule has 2 aliphatic rings. The lowest BCUT2D eigenvalue weighted by atomic mass is 9.87. The van der Waals surface area contributed by atoms with Gasteiger partial charge in [0, 0.05) is 36.7 Å². The lowest BCUT2D eigenvalue weighted by Crippen LogP contribution is -2.38. The average Bonchev–Trinajstić information content (AvgIpc) is 3.35. The van der Waals surface area contributed by atoms with Crippen molar-refractivity contribution in [1.29, 1.82) is 0 Å². The van der Waals surface area contributed by atoms with E-state index in [4.69, 9.17) is 14.2 Å². The zero-order valence-corrected chi connectivity index (χ0v) is 21.7. The molecule has 3 aromatic rings. The maximum atomic E-state index is 13.8. The summed E-state index contributed by atoms with van der Waals surface area (Å²) in [6.45, 7) is 7.89. The summed E-state index contributed by atoms with van der Waals surface area (Å²) in [5.74, 6) is 1.19. The third-order valence-corrected chi connectivity index (χ3v) is 8.55. The fourth-order valence-corrected chi connectivity index (χ4v) is 6.08. The molecule has 0 bridgehead atoms. The molecule has 0 amide bonds. The van der Waals surface area contributed by atoms with Crippen LogP contribution in [0.3, 0.4) is 0 Å². The molecule has 0 saturated carbocycles. The molecule has 9 heteroatoms. The molecule has 36 heavy (non-hydrogen) atoms. The molecule has 1 N–H and O–H groups in total. The average molecular weight is 513 g/mol. The quantitative estimate of drug-likeness (QED) is 0.537. The molecular formula is C27H32N2O6S. The van der Waals surface area contributed by atoms with E-state index in [2.05, 4.69) is 25.8 Å². The first kappa shape index (κ1) is 24.8. The Morgan fingerprint density at radius 1 is 1.00 bits per heavy atom. The van der Waals surface area contributed by atoms with Crippen LogP contribution in [0.5, 0.6) is 11.5 Å². The number of hydrogen-bond donors (Lipinski definition) is 1. The van der Waals surface area contributed by atoms with Crippen LogP contribution in [0, 0.1) is 0 Å². The summed E-state index contributed by atoms with van der Waals surface area (Å²) in [5, 5.41) is 0.748. The van der Waals surface area contributed by atoms with Crippen LogP contribution < -0.4 is 15.0 Å². The Labute approximate surface area is 211 Å². The van der Waals surface area contributed by atoms with Crippen molar-refractivity contribution in [1.82, 2.24) is 9.29 Å². The number of H-pyrrole nitrogens is 1. The molecule has 0 radical (unpaired) electrons. The first-order chi connectivity index (χ1) is 17.1. The predicted octanol–water partition coefficient (Wildman–Crippen LogP) is 3.97. The molecule has 192 valence electrons. The zero-order chi connectivity index (χ0) is 25.5. The molecule has 2 aliphatic heterocycles. The summed E-state index contributed by atoms with van der Waals surface area (Å²) >= 11 is 0. The van der Waals surface area contributed by atoms with Crippen LogP contribution in [0.2, 0.25) is 0 Å². The number of nitrogens with one attached hydrogen (secondary N) is 1. The maximum absolute atomic E-state index is 13.8. The van der Waals surface area contributed by atoms with Gasteiger partial charge in [-0.3, -0.25) is 4.79 Å². The number of pyridine rings is 1. The van der Waals surface area contributed by atoms with Crippen LogP contribution in [0.25, 0.3) is 10.9 Å². The first-order valence-electron chi connectivity index (χ1n) is 12.3. The van der Waals surface area contributed by atoms with Gasteiger partial charge in [-0.05, 0) is 48.1 Å². The highest BCUT2D eigenvalue weighted by molar-refractivity contribution is 7.89. The molecule has 0 aliphatic carbocycles. The summed E-state index contributed by atoms with van der Waals surface area (Å²) < 4.78 is 46.0. The van der Waals surface area contributed by atoms with E-state index in [9.17, 15) is 13.2 Å². The Bertz CT molecular complexity index is 1420. The highest BCUT2D eigenvalue weighted by Crippen LogP contribution is 2.34. The number of aromatic amines is 1. The third kappa shape index (κ3) is 5.00. The molecule has 1 atom stereocenters. The second-order valence-electron chi connectivity index (χ2n) is 10.4. The molecular weight excluding hydrogens is 480 g/mol. The van der Waals surface area contributed by atoms with Crippen LogP contribution >= 0.6 is 0 Å². The van der Waals surface area contributed by atoms with Gasteiger partial charge in [0.15, 0.2) is 11.5 Å². The predicted molar refractivity (Wildman–Crippen MR) is 137 cm³/mol. The van der Waals surface area contributed by atoms with Gasteiger partial charge in [-0.15, -0.1) is 0 Å². The van der Waals surface area contributed by atoms with E-state index < -0.39 is 10.0 Å². The fraction of sp³-hybridized carbons (Fsp3) is 0.444. The minimum Gasteiger partial charge on any atom is -0.486 e. The van der Waals surface area contributed by atoms with Gasteiger partial charge in [0.25, 0.3) is 5.56 Å². The lowest BCUT2D eigenvalue weighted by molar-refractivity contribution is 0.0925. The Morgan fingerprint density at radius 3 is 2.33 bits per heavy atom. The molecule has 1 saturated heterocycles. The van der Waals surface area contributed by atoms with E-state index in [0.717, 1.165) is 23.8 Å². The van der Waals surface area contributed by atoms with Crippen molar-refractivity contribution in [2.75, 3.05) is 26.4 Å². The van der Waals surface area contributed by atoms with E-state index in [1.54, 1.807) is 24.3 Å². The smallest absolute Gasteiger partial charge is 0.252 e. The van der Waals surface area contributed by atoms with Crippen LogP contribution in [0.4, 0.5) is 0 Å². The van der Waals surface area contributed by atoms with Gasteiger partial charge in [0.1, 0.15) is 13.2 Å². The van der Waals surface area contributed by atoms with Crippen molar-refractivity contribution >= 4 is 20.9 Å². The van der Waals surface area contributed by atoms with Crippen LogP contribution in [-0.2, 0) is 26.7 Å². The van der Waals surface area contributed by atoms with Crippen molar-refractivity contribution in [3.8, 4) is 11.5 Å². The Hall–Kier alpha value is -2.88. The van der Waals surface area contributed by atoms with Gasteiger partial charge >= 0.3 is 0 Å². The second-order valence-corrected chi connectivity index (χ2v) is 12.4. The molecule has 2 aromatic carbocycles. The highest BCUT2D eigenvalue weighted by Gasteiger charge is 2.30.